The van der Waals surface area contributed by atoms with Gasteiger partial charge in [-0.2, -0.15) is 0 Å². The van der Waals surface area contributed by atoms with Crippen LogP contribution in [0.5, 0.6) is 5.75 Å². The first kappa shape index (κ1) is 18.9. The standard InChI is InChI=1S/C21H25N3O3/c1-15(22-20(25)14-16-8-4-7-11-19(16)27-3)21-23-17-9-5-6-10-18(17)24(21)12-13-26-2/h4-11,15H,12-14H2,1-3H3,(H,22,25). The van der Waals surface area contributed by atoms with Crippen LogP contribution in [0.25, 0.3) is 11.0 Å². The lowest BCUT2D eigenvalue weighted by molar-refractivity contribution is -0.121. The highest BCUT2D eigenvalue weighted by molar-refractivity contribution is 5.80. The van der Waals surface area contributed by atoms with Gasteiger partial charge in [-0.3, -0.25) is 4.79 Å². The van der Waals surface area contributed by atoms with Crippen molar-refractivity contribution in [1.29, 1.82) is 0 Å². The Morgan fingerprint density at radius 3 is 2.67 bits per heavy atom. The molecule has 2 aromatic carbocycles. The summed E-state index contributed by atoms with van der Waals surface area (Å²) in [6.07, 6.45) is 0.257. The number of hydrogen-bond acceptors (Lipinski definition) is 4. The molecular weight excluding hydrogens is 342 g/mol. The van der Waals surface area contributed by atoms with Gasteiger partial charge in [0.05, 0.1) is 37.2 Å². The molecule has 6 heteroatoms. The maximum Gasteiger partial charge on any atom is 0.225 e. The number of carbonyl (C=O) groups is 1. The van der Waals surface area contributed by atoms with E-state index in [0.717, 1.165) is 22.4 Å². The van der Waals surface area contributed by atoms with E-state index < -0.39 is 0 Å². The lowest BCUT2D eigenvalue weighted by Crippen LogP contribution is -2.30. The van der Waals surface area contributed by atoms with Gasteiger partial charge in [0.1, 0.15) is 11.6 Å². The van der Waals surface area contributed by atoms with Crippen LogP contribution >= 0.6 is 0 Å². The molecule has 0 bridgehead atoms. The lowest BCUT2D eigenvalue weighted by atomic mass is 10.1. The second-order valence-electron chi connectivity index (χ2n) is 6.38. The minimum Gasteiger partial charge on any atom is -0.496 e. The van der Waals surface area contributed by atoms with E-state index in [1.54, 1.807) is 14.2 Å². The Balaban J connectivity index is 1.79. The molecule has 1 amide bonds. The first-order valence-electron chi connectivity index (χ1n) is 8.99. The Morgan fingerprint density at radius 2 is 1.89 bits per heavy atom. The van der Waals surface area contributed by atoms with Crippen LogP contribution < -0.4 is 10.1 Å². The molecule has 6 nitrogen and oxygen atoms in total. The average Bonchev–Trinajstić information content (AvgIpc) is 3.05. The molecule has 1 aromatic heterocycles. The molecule has 0 aliphatic heterocycles. The van der Waals surface area contributed by atoms with Crippen molar-refractivity contribution < 1.29 is 14.3 Å². The molecule has 3 aromatic rings. The van der Waals surface area contributed by atoms with Crippen molar-refractivity contribution in [2.24, 2.45) is 0 Å². The topological polar surface area (TPSA) is 65.4 Å². The number of hydrogen-bond donors (Lipinski definition) is 1. The summed E-state index contributed by atoms with van der Waals surface area (Å²) in [5.41, 5.74) is 2.81. The van der Waals surface area contributed by atoms with Crippen LogP contribution in [0.2, 0.25) is 0 Å². The van der Waals surface area contributed by atoms with E-state index in [1.807, 2.05) is 55.5 Å². The Kier molecular flexibility index (Phi) is 6.08. The summed E-state index contributed by atoms with van der Waals surface area (Å²) in [6, 6.07) is 15.3. The van der Waals surface area contributed by atoms with Gasteiger partial charge in [-0.15, -0.1) is 0 Å². The van der Waals surface area contributed by atoms with E-state index in [9.17, 15) is 4.79 Å². The molecule has 3 rings (SSSR count). The second-order valence-corrected chi connectivity index (χ2v) is 6.38. The highest BCUT2D eigenvalue weighted by atomic mass is 16.5. The number of nitrogens with one attached hydrogen (secondary N) is 1. The maximum atomic E-state index is 12.6. The summed E-state index contributed by atoms with van der Waals surface area (Å²) in [5, 5.41) is 3.06. The van der Waals surface area contributed by atoms with Crippen molar-refractivity contribution in [3.8, 4) is 5.75 Å². The summed E-state index contributed by atoms with van der Waals surface area (Å²) in [7, 11) is 3.29. The Labute approximate surface area is 159 Å². The molecule has 0 aliphatic carbocycles. The number of imidazole rings is 1. The zero-order chi connectivity index (χ0) is 19.2. The SMILES string of the molecule is COCCn1c(C(C)NC(=O)Cc2ccccc2OC)nc2ccccc21. The second kappa shape index (κ2) is 8.68. The van der Waals surface area contributed by atoms with Crippen LogP contribution in [-0.2, 0) is 22.5 Å². The zero-order valence-electron chi connectivity index (χ0n) is 15.9. The smallest absolute Gasteiger partial charge is 0.225 e. The van der Waals surface area contributed by atoms with Crippen LogP contribution in [0.1, 0.15) is 24.4 Å². The van der Waals surface area contributed by atoms with Gasteiger partial charge in [-0.25, -0.2) is 4.98 Å². The van der Waals surface area contributed by atoms with Crippen molar-refractivity contribution in [2.45, 2.75) is 25.9 Å². The summed E-state index contributed by atoms with van der Waals surface area (Å²) in [5.74, 6) is 1.46. The number of para-hydroxylation sites is 3. The highest BCUT2D eigenvalue weighted by Crippen LogP contribution is 2.22. The third-order valence-corrected chi connectivity index (χ3v) is 4.51. The Bertz CT molecular complexity index is 920. The van der Waals surface area contributed by atoms with Crippen LogP contribution in [0.4, 0.5) is 0 Å². The van der Waals surface area contributed by atoms with Crippen LogP contribution in [0, 0.1) is 0 Å². The van der Waals surface area contributed by atoms with Gasteiger partial charge in [0.25, 0.3) is 0 Å². The quantitative estimate of drug-likeness (QED) is 0.664. The number of rotatable bonds is 8. The van der Waals surface area contributed by atoms with Crippen molar-refractivity contribution in [3.05, 3.63) is 59.9 Å². The number of aromatic nitrogens is 2. The molecule has 0 fully saturated rings. The first-order chi connectivity index (χ1) is 13.1. The molecule has 0 saturated heterocycles. The summed E-state index contributed by atoms with van der Waals surface area (Å²) < 4.78 is 12.7. The number of methoxy groups -OCH3 is 2. The molecule has 0 spiro atoms. The lowest BCUT2D eigenvalue weighted by Gasteiger charge is -2.17. The molecule has 27 heavy (non-hydrogen) atoms. The molecule has 142 valence electrons. The average molecular weight is 367 g/mol. The molecular formula is C21H25N3O3. The van der Waals surface area contributed by atoms with Gasteiger partial charge in [0, 0.05) is 19.2 Å². The molecule has 1 unspecified atom stereocenters. The Hall–Kier alpha value is -2.86. The van der Waals surface area contributed by atoms with E-state index in [0.29, 0.717) is 18.9 Å². The number of nitrogens with zero attached hydrogens (tertiary/aromatic N) is 2. The normalized spacial score (nSPS) is 12.1. The Morgan fingerprint density at radius 1 is 1.15 bits per heavy atom. The van der Waals surface area contributed by atoms with Crippen LogP contribution in [0.3, 0.4) is 0 Å². The van der Waals surface area contributed by atoms with Gasteiger partial charge in [0.2, 0.25) is 5.91 Å². The fourth-order valence-corrected chi connectivity index (χ4v) is 3.22. The third-order valence-electron chi connectivity index (χ3n) is 4.51. The largest absolute Gasteiger partial charge is 0.496 e. The van der Waals surface area contributed by atoms with Gasteiger partial charge in [0.15, 0.2) is 0 Å². The number of benzene rings is 2. The van der Waals surface area contributed by atoms with Crippen LogP contribution in [0.15, 0.2) is 48.5 Å². The predicted molar refractivity (Wildman–Crippen MR) is 105 cm³/mol. The molecule has 1 atom stereocenters. The highest BCUT2D eigenvalue weighted by Gasteiger charge is 2.19. The third kappa shape index (κ3) is 4.28. The van der Waals surface area contributed by atoms with E-state index in [-0.39, 0.29) is 18.4 Å². The van der Waals surface area contributed by atoms with Gasteiger partial charge in [-0.05, 0) is 25.1 Å². The van der Waals surface area contributed by atoms with Crippen molar-refractivity contribution in [1.82, 2.24) is 14.9 Å². The number of amides is 1. The van der Waals surface area contributed by atoms with Crippen molar-refractivity contribution in [3.63, 3.8) is 0 Å². The van der Waals surface area contributed by atoms with Crippen molar-refractivity contribution in [2.75, 3.05) is 20.8 Å². The molecule has 0 radical (unpaired) electrons. The maximum absolute atomic E-state index is 12.6. The zero-order valence-corrected chi connectivity index (χ0v) is 15.9. The minimum absolute atomic E-state index is 0.0719. The van der Waals surface area contributed by atoms with Crippen molar-refractivity contribution >= 4 is 16.9 Å². The fraction of sp³-hybridized carbons (Fsp3) is 0.333. The van der Waals surface area contributed by atoms with E-state index >= 15 is 0 Å². The fourth-order valence-electron chi connectivity index (χ4n) is 3.22. The molecule has 0 saturated carbocycles. The van der Waals surface area contributed by atoms with E-state index in [1.165, 1.54) is 0 Å². The number of ether oxygens (including phenoxy) is 2. The summed E-state index contributed by atoms with van der Waals surface area (Å²) in [6.45, 7) is 3.21. The molecule has 1 heterocycles. The van der Waals surface area contributed by atoms with Gasteiger partial charge < -0.3 is 19.4 Å². The monoisotopic (exact) mass is 367 g/mol. The molecule has 1 N–H and O–H groups in total. The minimum atomic E-state index is -0.225. The van der Waals surface area contributed by atoms with Crippen LogP contribution in [-0.4, -0.2) is 36.3 Å². The first-order valence-corrected chi connectivity index (χ1v) is 8.99. The van der Waals surface area contributed by atoms with E-state index in [2.05, 4.69) is 9.88 Å². The molecule has 0 aliphatic rings. The number of carbonyl (C=O) groups excluding carboxylic acids is 1. The van der Waals surface area contributed by atoms with Gasteiger partial charge >= 0.3 is 0 Å². The van der Waals surface area contributed by atoms with E-state index in [4.69, 9.17) is 14.5 Å². The number of fused-ring (bicyclic) bond motifs is 1. The summed E-state index contributed by atoms with van der Waals surface area (Å²) >= 11 is 0. The van der Waals surface area contributed by atoms with Gasteiger partial charge in [-0.1, -0.05) is 30.3 Å². The summed E-state index contributed by atoms with van der Waals surface area (Å²) in [4.78, 5) is 17.3. The predicted octanol–water partition coefficient (Wildman–Crippen LogP) is 3.11.